The molecule has 0 aliphatic heterocycles. The fraction of sp³-hybridized carbons (Fsp3) is 0.889. The monoisotopic (exact) mass is 832 g/mol. The molecular formula is C45H86NO10P. The molecule has 0 saturated carbocycles. The first-order valence-corrected chi connectivity index (χ1v) is 24.7. The second-order valence-electron chi connectivity index (χ2n) is 15.9. The number of ether oxygens (including phenoxy) is 2. The van der Waals surface area contributed by atoms with Crippen molar-refractivity contribution >= 4 is 25.7 Å². The third-order valence-electron chi connectivity index (χ3n) is 10.3. The van der Waals surface area contributed by atoms with Crippen LogP contribution in [0.5, 0.6) is 0 Å². The average Bonchev–Trinajstić information content (AvgIpc) is 3.19. The second-order valence-corrected chi connectivity index (χ2v) is 17.3. The van der Waals surface area contributed by atoms with E-state index in [0.29, 0.717) is 12.8 Å². The maximum Gasteiger partial charge on any atom is 0.472 e. The van der Waals surface area contributed by atoms with E-state index in [9.17, 15) is 23.8 Å². The minimum Gasteiger partial charge on any atom is -0.480 e. The lowest BCUT2D eigenvalue weighted by atomic mass is 10.0. The fourth-order valence-corrected chi connectivity index (χ4v) is 7.37. The molecular weight excluding hydrogens is 745 g/mol. The van der Waals surface area contributed by atoms with Crippen LogP contribution in [0.1, 0.15) is 226 Å². The molecule has 0 amide bonds. The van der Waals surface area contributed by atoms with Crippen LogP contribution in [0.2, 0.25) is 0 Å². The van der Waals surface area contributed by atoms with Crippen LogP contribution in [0.4, 0.5) is 0 Å². The first-order valence-electron chi connectivity index (χ1n) is 23.2. The largest absolute Gasteiger partial charge is 0.480 e. The summed E-state index contributed by atoms with van der Waals surface area (Å²) in [4.78, 5) is 46.0. The van der Waals surface area contributed by atoms with Crippen molar-refractivity contribution < 1.29 is 47.5 Å². The highest BCUT2D eigenvalue weighted by Crippen LogP contribution is 2.43. The van der Waals surface area contributed by atoms with Gasteiger partial charge in [0.25, 0.3) is 0 Å². The summed E-state index contributed by atoms with van der Waals surface area (Å²) in [5.74, 6) is -2.37. The summed E-state index contributed by atoms with van der Waals surface area (Å²) >= 11 is 0. The van der Waals surface area contributed by atoms with Crippen LogP contribution in [0.3, 0.4) is 0 Å². The van der Waals surface area contributed by atoms with Gasteiger partial charge >= 0.3 is 25.7 Å². The number of carboxylic acids is 1. The van der Waals surface area contributed by atoms with Crippen LogP contribution in [0, 0.1) is 0 Å². The van der Waals surface area contributed by atoms with Gasteiger partial charge in [-0.1, -0.05) is 187 Å². The second kappa shape index (κ2) is 41.0. The number of hydrogen-bond donors (Lipinski definition) is 3. The van der Waals surface area contributed by atoms with E-state index in [0.717, 1.165) is 44.9 Å². The molecule has 12 heteroatoms. The Balaban J connectivity index is 4.30. The normalized spacial score (nSPS) is 13.8. The zero-order valence-corrected chi connectivity index (χ0v) is 37.3. The van der Waals surface area contributed by atoms with E-state index in [4.69, 9.17) is 24.8 Å². The topological polar surface area (TPSA) is 172 Å². The zero-order chi connectivity index (χ0) is 42.1. The minimum absolute atomic E-state index is 0.166. The maximum atomic E-state index is 12.6. The van der Waals surface area contributed by atoms with Gasteiger partial charge < -0.3 is 25.2 Å². The van der Waals surface area contributed by atoms with E-state index < -0.39 is 51.1 Å². The number of unbranched alkanes of at least 4 members (excludes halogenated alkanes) is 28. The Bertz CT molecular complexity index is 1030. The van der Waals surface area contributed by atoms with Crippen LogP contribution in [-0.2, 0) is 37.5 Å². The van der Waals surface area contributed by atoms with Crippen molar-refractivity contribution in [3.8, 4) is 0 Å². The predicted octanol–water partition coefficient (Wildman–Crippen LogP) is 12.5. The van der Waals surface area contributed by atoms with Gasteiger partial charge in [0.05, 0.1) is 13.2 Å². The van der Waals surface area contributed by atoms with Crippen molar-refractivity contribution in [3.63, 3.8) is 0 Å². The number of carbonyl (C=O) groups excluding carboxylic acids is 2. The van der Waals surface area contributed by atoms with Gasteiger partial charge in [-0.05, 0) is 38.5 Å². The van der Waals surface area contributed by atoms with E-state index >= 15 is 0 Å². The number of aliphatic carboxylic acids is 1. The Kier molecular flexibility index (Phi) is 39.7. The quantitative estimate of drug-likeness (QED) is 0.0231. The lowest BCUT2D eigenvalue weighted by Gasteiger charge is -2.20. The molecule has 0 heterocycles. The summed E-state index contributed by atoms with van der Waals surface area (Å²) < 4.78 is 32.8. The van der Waals surface area contributed by atoms with Gasteiger partial charge in [0, 0.05) is 12.8 Å². The molecule has 0 radical (unpaired) electrons. The van der Waals surface area contributed by atoms with Crippen molar-refractivity contribution in [2.24, 2.45) is 5.73 Å². The number of hydrogen-bond acceptors (Lipinski definition) is 9. The number of carboxylic acid groups (broad SMARTS) is 1. The van der Waals surface area contributed by atoms with E-state index in [1.54, 1.807) is 0 Å². The molecule has 1 unspecified atom stereocenters. The molecule has 0 aromatic carbocycles. The van der Waals surface area contributed by atoms with Gasteiger partial charge in [0.15, 0.2) is 6.10 Å². The Morgan fingerprint density at radius 2 is 0.877 bits per heavy atom. The first kappa shape index (κ1) is 55.2. The first-order chi connectivity index (χ1) is 27.6. The maximum absolute atomic E-state index is 12.6. The summed E-state index contributed by atoms with van der Waals surface area (Å²) in [5.41, 5.74) is 5.34. The predicted molar refractivity (Wildman–Crippen MR) is 231 cm³/mol. The smallest absolute Gasteiger partial charge is 0.472 e. The Morgan fingerprint density at radius 1 is 0.526 bits per heavy atom. The van der Waals surface area contributed by atoms with Crippen LogP contribution in [-0.4, -0.2) is 59.9 Å². The van der Waals surface area contributed by atoms with Crippen LogP contribution < -0.4 is 5.73 Å². The number of phosphoric acid groups is 1. The molecule has 0 saturated heterocycles. The number of nitrogens with two attached hydrogens (primary N) is 1. The fourth-order valence-electron chi connectivity index (χ4n) is 6.59. The van der Waals surface area contributed by atoms with E-state index in [2.05, 4.69) is 30.5 Å². The number of carbonyl (C=O) groups is 3. The Morgan fingerprint density at radius 3 is 1.28 bits per heavy atom. The van der Waals surface area contributed by atoms with Crippen molar-refractivity contribution in [2.45, 2.75) is 238 Å². The third-order valence-corrected chi connectivity index (χ3v) is 11.2. The van der Waals surface area contributed by atoms with Crippen LogP contribution in [0.25, 0.3) is 0 Å². The Labute approximate surface area is 348 Å². The van der Waals surface area contributed by atoms with Crippen molar-refractivity contribution in [1.29, 1.82) is 0 Å². The van der Waals surface area contributed by atoms with Gasteiger partial charge in [0.1, 0.15) is 12.6 Å². The molecule has 3 atom stereocenters. The van der Waals surface area contributed by atoms with E-state index in [1.165, 1.54) is 141 Å². The van der Waals surface area contributed by atoms with Crippen LogP contribution >= 0.6 is 7.82 Å². The Hall–Kier alpha value is -1.78. The molecule has 0 rings (SSSR count). The molecule has 0 aromatic heterocycles. The minimum atomic E-state index is -4.71. The molecule has 0 aliphatic rings. The molecule has 0 fully saturated rings. The zero-order valence-electron chi connectivity index (χ0n) is 36.5. The molecule has 4 N–H and O–H groups in total. The van der Waals surface area contributed by atoms with E-state index in [1.807, 2.05) is 0 Å². The summed E-state index contributed by atoms with van der Waals surface area (Å²) in [6, 6.07) is -1.52. The van der Waals surface area contributed by atoms with Crippen molar-refractivity contribution in [2.75, 3.05) is 19.8 Å². The van der Waals surface area contributed by atoms with Crippen molar-refractivity contribution in [3.05, 3.63) is 12.2 Å². The number of phosphoric ester groups is 1. The van der Waals surface area contributed by atoms with Gasteiger partial charge in [-0.2, -0.15) is 0 Å². The molecule has 0 bridgehead atoms. The summed E-state index contributed by atoms with van der Waals surface area (Å²) in [6.45, 7) is 2.83. The molecule has 0 aliphatic carbocycles. The number of esters is 2. The SMILES string of the molecule is CCCCCCCC/C=C/CCCCCCCCCC(=O)OC[C@H](COP(=O)(O)OC[C@H](N)C(=O)O)OC(=O)CCCCCCCCCCCCCCCCCC. The summed E-state index contributed by atoms with van der Waals surface area (Å²) in [5, 5.41) is 8.90. The lowest BCUT2D eigenvalue weighted by Crippen LogP contribution is -2.34. The standard InChI is InChI=1S/C45H86NO10P/c1-3-5-7-9-11-13-15-17-19-21-23-24-26-28-30-32-34-36-43(47)53-38-41(39-54-57(51,52)55-40-42(46)45(49)50)56-44(48)37-35-33-31-29-27-25-22-20-18-16-14-12-10-8-6-4-2/h17,19,41-42H,3-16,18,20-40,46H2,1-2H3,(H,49,50)(H,51,52)/b19-17+/t41-,42+/m1/s1. The molecule has 11 nitrogen and oxygen atoms in total. The molecule has 57 heavy (non-hydrogen) atoms. The highest BCUT2D eigenvalue weighted by atomic mass is 31.2. The van der Waals surface area contributed by atoms with Gasteiger partial charge in [-0.15, -0.1) is 0 Å². The third kappa shape index (κ3) is 40.8. The lowest BCUT2D eigenvalue weighted by molar-refractivity contribution is -0.161. The highest BCUT2D eigenvalue weighted by molar-refractivity contribution is 7.47. The summed E-state index contributed by atoms with van der Waals surface area (Å²) in [7, 11) is -4.71. The summed E-state index contributed by atoms with van der Waals surface area (Å²) in [6.07, 6.45) is 41.2. The van der Waals surface area contributed by atoms with Gasteiger partial charge in [-0.25, -0.2) is 4.57 Å². The number of rotatable bonds is 44. The molecule has 0 spiro atoms. The van der Waals surface area contributed by atoms with Crippen LogP contribution in [0.15, 0.2) is 12.2 Å². The average molecular weight is 832 g/mol. The van der Waals surface area contributed by atoms with Gasteiger partial charge in [-0.3, -0.25) is 23.4 Å². The molecule has 0 aromatic rings. The highest BCUT2D eigenvalue weighted by Gasteiger charge is 2.28. The van der Waals surface area contributed by atoms with Gasteiger partial charge in [0.2, 0.25) is 0 Å². The molecule has 336 valence electrons. The number of allylic oxidation sites excluding steroid dienone is 2. The van der Waals surface area contributed by atoms with E-state index in [-0.39, 0.29) is 19.4 Å². The van der Waals surface area contributed by atoms with Crippen molar-refractivity contribution in [1.82, 2.24) is 0 Å².